The van der Waals surface area contributed by atoms with Crippen LogP contribution in [0.5, 0.6) is 0 Å². The lowest BCUT2D eigenvalue weighted by atomic mass is 10.2. The second-order valence-corrected chi connectivity index (χ2v) is 3.64. The van der Waals surface area contributed by atoms with Gasteiger partial charge >= 0.3 is 0 Å². The van der Waals surface area contributed by atoms with Crippen molar-refractivity contribution in [1.29, 1.82) is 0 Å². The van der Waals surface area contributed by atoms with Gasteiger partial charge in [0, 0.05) is 0 Å². The minimum atomic E-state index is 0.418. The van der Waals surface area contributed by atoms with Crippen molar-refractivity contribution in [2.45, 2.75) is 6.42 Å². The van der Waals surface area contributed by atoms with Crippen LogP contribution in [0.2, 0.25) is 0 Å². The molecule has 0 radical (unpaired) electrons. The summed E-state index contributed by atoms with van der Waals surface area (Å²) in [7, 11) is 0. The van der Waals surface area contributed by atoms with Gasteiger partial charge in [0.15, 0.2) is 5.76 Å². The van der Waals surface area contributed by atoms with Crippen LogP contribution in [-0.4, -0.2) is 10.2 Å². The standard InChI is InChI=1S/C13H10N2O2/c1-2-5-10(6-3-1)9-12-14-15-13(17-12)11-7-4-8-16-11/h1-8H,9H2. The third kappa shape index (κ3) is 2.10. The molecular weight excluding hydrogens is 216 g/mol. The number of aromatic nitrogens is 2. The summed E-state index contributed by atoms with van der Waals surface area (Å²) in [4.78, 5) is 0. The normalized spacial score (nSPS) is 10.6. The van der Waals surface area contributed by atoms with E-state index in [1.165, 1.54) is 0 Å². The van der Waals surface area contributed by atoms with Gasteiger partial charge in [-0.15, -0.1) is 10.2 Å². The fourth-order valence-electron chi connectivity index (χ4n) is 1.60. The van der Waals surface area contributed by atoms with Crippen molar-refractivity contribution in [2.24, 2.45) is 0 Å². The Labute approximate surface area is 97.9 Å². The van der Waals surface area contributed by atoms with Gasteiger partial charge in [0.25, 0.3) is 5.89 Å². The van der Waals surface area contributed by atoms with Crippen molar-refractivity contribution in [3.63, 3.8) is 0 Å². The van der Waals surface area contributed by atoms with Crippen LogP contribution < -0.4 is 0 Å². The Hall–Kier alpha value is -2.36. The lowest BCUT2D eigenvalue weighted by molar-refractivity contribution is 0.488. The van der Waals surface area contributed by atoms with E-state index in [4.69, 9.17) is 8.83 Å². The van der Waals surface area contributed by atoms with Crippen molar-refractivity contribution in [3.05, 3.63) is 60.2 Å². The number of hydrogen-bond acceptors (Lipinski definition) is 4. The Morgan fingerprint density at radius 3 is 2.59 bits per heavy atom. The van der Waals surface area contributed by atoms with Gasteiger partial charge in [0.05, 0.1) is 12.7 Å². The fraction of sp³-hybridized carbons (Fsp3) is 0.0769. The SMILES string of the molecule is c1ccc(Cc2nnc(-c3ccco3)o2)cc1. The van der Waals surface area contributed by atoms with Crippen molar-refractivity contribution >= 4 is 0 Å². The minimum Gasteiger partial charge on any atom is -0.459 e. The zero-order valence-electron chi connectivity index (χ0n) is 9.04. The van der Waals surface area contributed by atoms with Gasteiger partial charge in [-0.1, -0.05) is 30.3 Å². The Morgan fingerprint density at radius 2 is 1.82 bits per heavy atom. The Morgan fingerprint density at radius 1 is 0.941 bits per heavy atom. The van der Waals surface area contributed by atoms with E-state index in [1.807, 2.05) is 30.3 Å². The molecule has 0 amide bonds. The third-order valence-corrected chi connectivity index (χ3v) is 2.40. The molecule has 0 bridgehead atoms. The van der Waals surface area contributed by atoms with E-state index in [2.05, 4.69) is 10.2 Å². The molecule has 17 heavy (non-hydrogen) atoms. The molecule has 0 aliphatic rings. The highest BCUT2D eigenvalue weighted by atomic mass is 16.4. The lowest BCUT2D eigenvalue weighted by Crippen LogP contribution is -1.87. The monoisotopic (exact) mass is 226 g/mol. The molecule has 0 unspecified atom stereocenters. The van der Waals surface area contributed by atoms with Gasteiger partial charge in [0.1, 0.15) is 0 Å². The first-order valence-electron chi connectivity index (χ1n) is 5.32. The molecule has 4 heteroatoms. The van der Waals surface area contributed by atoms with Crippen LogP contribution in [0.4, 0.5) is 0 Å². The molecule has 0 fully saturated rings. The average molecular weight is 226 g/mol. The zero-order chi connectivity index (χ0) is 11.5. The molecule has 84 valence electrons. The van der Waals surface area contributed by atoms with Crippen LogP contribution in [0.25, 0.3) is 11.7 Å². The maximum atomic E-state index is 5.52. The fourth-order valence-corrected chi connectivity index (χ4v) is 1.60. The lowest BCUT2D eigenvalue weighted by Gasteiger charge is -1.94. The summed E-state index contributed by atoms with van der Waals surface area (Å²) in [5.41, 5.74) is 1.14. The molecule has 0 atom stereocenters. The molecule has 2 heterocycles. The van der Waals surface area contributed by atoms with Gasteiger partial charge in [-0.05, 0) is 17.7 Å². The summed E-state index contributed by atoms with van der Waals surface area (Å²) in [6.07, 6.45) is 2.21. The largest absolute Gasteiger partial charge is 0.459 e. The van der Waals surface area contributed by atoms with Gasteiger partial charge in [-0.2, -0.15) is 0 Å². The summed E-state index contributed by atoms with van der Waals surface area (Å²) < 4.78 is 10.7. The number of rotatable bonds is 3. The van der Waals surface area contributed by atoms with E-state index < -0.39 is 0 Å². The van der Waals surface area contributed by atoms with E-state index in [1.54, 1.807) is 18.4 Å². The quantitative estimate of drug-likeness (QED) is 0.689. The molecule has 0 saturated carbocycles. The summed E-state index contributed by atoms with van der Waals surface area (Å²) in [6, 6.07) is 13.6. The summed E-state index contributed by atoms with van der Waals surface area (Å²) in [5, 5.41) is 7.94. The van der Waals surface area contributed by atoms with E-state index in [-0.39, 0.29) is 0 Å². The van der Waals surface area contributed by atoms with Crippen molar-refractivity contribution in [2.75, 3.05) is 0 Å². The van der Waals surface area contributed by atoms with Gasteiger partial charge < -0.3 is 8.83 Å². The Bertz CT molecular complexity index is 585. The topological polar surface area (TPSA) is 52.1 Å². The average Bonchev–Trinajstić information content (AvgIpc) is 3.00. The second-order valence-electron chi connectivity index (χ2n) is 3.64. The molecule has 0 aliphatic heterocycles. The molecule has 1 aromatic carbocycles. The number of benzene rings is 1. The first-order chi connectivity index (χ1) is 8.42. The molecule has 3 aromatic rings. The summed E-state index contributed by atoms with van der Waals surface area (Å²) in [5.74, 6) is 1.60. The van der Waals surface area contributed by atoms with E-state index >= 15 is 0 Å². The highest BCUT2D eigenvalue weighted by Gasteiger charge is 2.10. The molecule has 3 rings (SSSR count). The van der Waals surface area contributed by atoms with Crippen LogP contribution in [0.15, 0.2) is 57.6 Å². The number of hydrogen-bond donors (Lipinski definition) is 0. The van der Waals surface area contributed by atoms with Gasteiger partial charge in [-0.25, -0.2) is 0 Å². The van der Waals surface area contributed by atoms with Gasteiger partial charge in [-0.3, -0.25) is 0 Å². The zero-order valence-corrected chi connectivity index (χ0v) is 9.04. The maximum Gasteiger partial charge on any atom is 0.283 e. The predicted octanol–water partition coefficient (Wildman–Crippen LogP) is 2.92. The Kier molecular flexibility index (Phi) is 2.46. The van der Waals surface area contributed by atoms with Crippen LogP contribution in [0, 0.1) is 0 Å². The van der Waals surface area contributed by atoms with E-state index in [0.717, 1.165) is 5.56 Å². The van der Waals surface area contributed by atoms with Gasteiger partial charge in [0.2, 0.25) is 5.89 Å². The molecule has 0 N–H and O–H groups in total. The van der Waals surface area contributed by atoms with Crippen molar-refractivity contribution in [1.82, 2.24) is 10.2 Å². The summed E-state index contributed by atoms with van der Waals surface area (Å²) in [6.45, 7) is 0. The predicted molar refractivity (Wildman–Crippen MR) is 61.2 cm³/mol. The van der Waals surface area contributed by atoms with Crippen LogP contribution in [-0.2, 0) is 6.42 Å². The highest BCUT2D eigenvalue weighted by molar-refractivity contribution is 5.42. The Balaban J connectivity index is 1.82. The third-order valence-electron chi connectivity index (χ3n) is 2.40. The molecular formula is C13H10N2O2. The smallest absolute Gasteiger partial charge is 0.283 e. The first-order valence-corrected chi connectivity index (χ1v) is 5.32. The molecule has 0 spiro atoms. The van der Waals surface area contributed by atoms with E-state index in [9.17, 15) is 0 Å². The van der Waals surface area contributed by atoms with Crippen molar-refractivity contribution < 1.29 is 8.83 Å². The highest BCUT2D eigenvalue weighted by Crippen LogP contribution is 2.18. The number of nitrogens with zero attached hydrogens (tertiary/aromatic N) is 2. The van der Waals surface area contributed by atoms with Crippen LogP contribution >= 0.6 is 0 Å². The summed E-state index contributed by atoms with van der Waals surface area (Å²) >= 11 is 0. The van der Waals surface area contributed by atoms with Crippen molar-refractivity contribution in [3.8, 4) is 11.7 Å². The second kappa shape index (κ2) is 4.25. The minimum absolute atomic E-state index is 0.418. The molecule has 0 saturated heterocycles. The number of furan rings is 1. The van der Waals surface area contributed by atoms with E-state index in [0.29, 0.717) is 24.0 Å². The first kappa shape index (κ1) is 9.84. The molecule has 0 aliphatic carbocycles. The molecule has 4 nitrogen and oxygen atoms in total. The molecule has 2 aromatic heterocycles. The van der Waals surface area contributed by atoms with Crippen LogP contribution in [0.3, 0.4) is 0 Å². The maximum absolute atomic E-state index is 5.52. The van der Waals surface area contributed by atoms with Crippen LogP contribution in [0.1, 0.15) is 11.5 Å².